The third kappa shape index (κ3) is 3.11. The van der Waals surface area contributed by atoms with Crippen molar-refractivity contribution < 1.29 is 32.2 Å². The summed E-state index contributed by atoms with van der Waals surface area (Å²) >= 11 is 0. The van der Waals surface area contributed by atoms with Crippen LogP contribution in [0.2, 0.25) is 0 Å². The summed E-state index contributed by atoms with van der Waals surface area (Å²) in [5.74, 6) is -3.48. The van der Waals surface area contributed by atoms with E-state index < -0.39 is 35.9 Å². The van der Waals surface area contributed by atoms with Crippen molar-refractivity contribution in [1.29, 1.82) is 0 Å². The van der Waals surface area contributed by atoms with Gasteiger partial charge in [-0.2, -0.15) is 13.2 Å². The number of carboxylic acid groups (broad SMARTS) is 1. The first-order valence-corrected chi connectivity index (χ1v) is 4.02. The summed E-state index contributed by atoms with van der Waals surface area (Å²) in [5, 5.41) is 8.57. The normalized spacial score (nSPS) is 11.2. The minimum atomic E-state index is -4.61. The van der Waals surface area contributed by atoms with Crippen molar-refractivity contribution >= 4 is 5.97 Å². The van der Waals surface area contributed by atoms with E-state index in [-0.39, 0.29) is 0 Å². The van der Waals surface area contributed by atoms with Crippen LogP contribution in [0.25, 0.3) is 0 Å². The van der Waals surface area contributed by atoms with Gasteiger partial charge in [0.15, 0.2) is 6.61 Å². The average Bonchev–Trinajstić information content (AvgIpc) is 2.12. The molecule has 1 aromatic rings. The zero-order valence-electron chi connectivity index (χ0n) is 7.71. The van der Waals surface area contributed by atoms with Gasteiger partial charge in [0.25, 0.3) is 0 Å². The van der Waals surface area contributed by atoms with Gasteiger partial charge in [-0.15, -0.1) is 0 Å². The predicted molar refractivity (Wildman–Crippen MR) is 44.9 cm³/mol. The van der Waals surface area contributed by atoms with E-state index in [9.17, 15) is 22.4 Å². The first-order chi connectivity index (χ1) is 7.31. The van der Waals surface area contributed by atoms with E-state index in [1.165, 1.54) is 0 Å². The van der Waals surface area contributed by atoms with Crippen molar-refractivity contribution in [3.05, 3.63) is 29.6 Å². The van der Waals surface area contributed by atoms with Crippen LogP contribution in [0.4, 0.5) is 17.6 Å². The van der Waals surface area contributed by atoms with Gasteiger partial charge >= 0.3 is 12.1 Å². The van der Waals surface area contributed by atoms with Crippen LogP contribution in [0.5, 0.6) is 5.75 Å². The van der Waals surface area contributed by atoms with Gasteiger partial charge in [0.2, 0.25) is 0 Å². The molecular formula is C9H6F4O3. The Morgan fingerprint density at radius 2 is 2.00 bits per heavy atom. The lowest BCUT2D eigenvalue weighted by atomic mass is 10.2. The molecule has 88 valence electrons. The van der Waals surface area contributed by atoms with E-state index in [1.807, 2.05) is 0 Å². The predicted octanol–water partition coefficient (Wildman–Crippen LogP) is 2.47. The number of carbonyl (C=O) groups is 1. The summed E-state index contributed by atoms with van der Waals surface area (Å²) in [6.45, 7) is -1.67. The zero-order chi connectivity index (χ0) is 12.3. The van der Waals surface area contributed by atoms with Crippen molar-refractivity contribution in [2.75, 3.05) is 6.61 Å². The lowest BCUT2D eigenvalue weighted by molar-refractivity contribution is -0.153. The fourth-order valence-electron chi connectivity index (χ4n) is 0.992. The standard InChI is InChI=1S/C9H6F4O3/c10-5-2-1-3-6(7(5)8(14)15)16-4-9(11,12)13/h1-3H,4H2,(H,14,15). The molecule has 0 unspecified atom stereocenters. The maximum absolute atomic E-state index is 13.0. The monoisotopic (exact) mass is 238 g/mol. The van der Waals surface area contributed by atoms with Crippen LogP contribution < -0.4 is 4.74 Å². The van der Waals surface area contributed by atoms with Crippen LogP contribution in [0.3, 0.4) is 0 Å². The Kier molecular flexibility index (Phi) is 3.36. The smallest absolute Gasteiger partial charge is 0.422 e. The number of alkyl halides is 3. The number of carboxylic acids is 1. The molecule has 0 fully saturated rings. The highest BCUT2D eigenvalue weighted by atomic mass is 19.4. The Morgan fingerprint density at radius 1 is 1.38 bits per heavy atom. The second kappa shape index (κ2) is 4.38. The molecule has 0 saturated heterocycles. The van der Waals surface area contributed by atoms with Gasteiger partial charge < -0.3 is 9.84 Å². The van der Waals surface area contributed by atoms with E-state index in [0.29, 0.717) is 0 Å². The van der Waals surface area contributed by atoms with Crippen molar-refractivity contribution in [2.24, 2.45) is 0 Å². The number of rotatable bonds is 3. The van der Waals surface area contributed by atoms with E-state index in [0.717, 1.165) is 18.2 Å². The molecule has 0 bridgehead atoms. The van der Waals surface area contributed by atoms with Crippen LogP contribution >= 0.6 is 0 Å². The molecule has 0 aliphatic heterocycles. The van der Waals surface area contributed by atoms with Crippen molar-refractivity contribution in [3.8, 4) is 5.75 Å². The second-order valence-corrected chi connectivity index (χ2v) is 2.82. The maximum Gasteiger partial charge on any atom is 0.422 e. The van der Waals surface area contributed by atoms with Gasteiger partial charge in [-0.05, 0) is 12.1 Å². The highest BCUT2D eigenvalue weighted by Gasteiger charge is 2.29. The first kappa shape index (κ1) is 12.3. The Labute approximate surface area is 87.3 Å². The summed E-state index contributed by atoms with van der Waals surface area (Å²) in [6.07, 6.45) is -4.61. The Hall–Kier alpha value is -1.79. The van der Waals surface area contributed by atoms with Gasteiger partial charge in [0.05, 0.1) is 0 Å². The molecule has 16 heavy (non-hydrogen) atoms. The number of hydrogen-bond donors (Lipinski definition) is 1. The topological polar surface area (TPSA) is 46.5 Å². The SMILES string of the molecule is O=C(O)c1c(F)cccc1OCC(F)(F)F. The van der Waals surface area contributed by atoms with Gasteiger partial charge in [-0.3, -0.25) is 0 Å². The van der Waals surface area contributed by atoms with Crippen molar-refractivity contribution in [2.45, 2.75) is 6.18 Å². The molecule has 0 amide bonds. The van der Waals surface area contributed by atoms with E-state index in [2.05, 4.69) is 4.74 Å². The lowest BCUT2D eigenvalue weighted by Gasteiger charge is -2.11. The molecule has 0 heterocycles. The van der Waals surface area contributed by atoms with Crippen LogP contribution in [-0.4, -0.2) is 23.9 Å². The van der Waals surface area contributed by atoms with E-state index in [1.54, 1.807) is 0 Å². The molecule has 0 saturated carbocycles. The van der Waals surface area contributed by atoms with Crippen molar-refractivity contribution in [3.63, 3.8) is 0 Å². The molecule has 1 rings (SSSR count). The molecule has 0 aromatic heterocycles. The highest BCUT2D eigenvalue weighted by Crippen LogP contribution is 2.24. The van der Waals surface area contributed by atoms with Gasteiger partial charge in [0.1, 0.15) is 17.1 Å². The summed E-state index contributed by atoms with van der Waals surface area (Å²) < 4.78 is 52.6. The number of hydrogen-bond acceptors (Lipinski definition) is 2. The molecule has 0 aliphatic rings. The molecule has 3 nitrogen and oxygen atoms in total. The maximum atomic E-state index is 13.0. The van der Waals surface area contributed by atoms with Crippen LogP contribution in [0.1, 0.15) is 10.4 Å². The number of aromatic carboxylic acids is 1. The summed E-state index contributed by atoms with van der Waals surface area (Å²) in [4.78, 5) is 10.6. The third-order valence-electron chi connectivity index (χ3n) is 1.58. The molecule has 0 aliphatic carbocycles. The molecule has 0 atom stereocenters. The average molecular weight is 238 g/mol. The van der Waals surface area contributed by atoms with E-state index >= 15 is 0 Å². The van der Waals surface area contributed by atoms with Gasteiger partial charge in [0, 0.05) is 0 Å². The zero-order valence-corrected chi connectivity index (χ0v) is 7.71. The quantitative estimate of drug-likeness (QED) is 0.823. The fraction of sp³-hybridized carbons (Fsp3) is 0.222. The highest BCUT2D eigenvalue weighted by molar-refractivity contribution is 5.91. The Balaban J connectivity index is 2.96. The fourth-order valence-corrected chi connectivity index (χ4v) is 0.992. The lowest BCUT2D eigenvalue weighted by Crippen LogP contribution is -2.20. The largest absolute Gasteiger partial charge is 0.483 e. The molecule has 0 spiro atoms. The summed E-state index contributed by atoms with van der Waals surface area (Å²) in [7, 11) is 0. The first-order valence-electron chi connectivity index (χ1n) is 4.02. The van der Waals surface area contributed by atoms with Gasteiger partial charge in [-0.1, -0.05) is 6.07 Å². The number of benzene rings is 1. The summed E-state index contributed by atoms with van der Waals surface area (Å²) in [5.41, 5.74) is -0.910. The number of halogens is 4. The minimum absolute atomic E-state index is 0.648. The van der Waals surface area contributed by atoms with Crippen LogP contribution in [-0.2, 0) is 0 Å². The van der Waals surface area contributed by atoms with Crippen molar-refractivity contribution in [1.82, 2.24) is 0 Å². The Morgan fingerprint density at radius 3 is 2.50 bits per heavy atom. The molecule has 1 N–H and O–H groups in total. The number of ether oxygens (including phenoxy) is 1. The minimum Gasteiger partial charge on any atom is -0.483 e. The second-order valence-electron chi connectivity index (χ2n) is 2.82. The Bertz CT molecular complexity index is 400. The van der Waals surface area contributed by atoms with Gasteiger partial charge in [-0.25, -0.2) is 9.18 Å². The molecular weight excluding hydrogens is 232 g/mol. The summed E-state index contributed by atoms with van der Waals surface area (Å²) in [6, 6.07) is 2.84. The van der Waals surface area contributed by atoms with E-state index in [4.69, 9.17) is 5.11 Å². The van der Waals surface area contributed by atoms with Crippen LogP contribution in [0, 0.1) is 5.82 Å². The third-order valence-corrected chi connectivity index (χ3v) is 1.58. The molecule has 0 radical (unpaired) electrons. The van der Waals surface area contributed by atoms with Crippen LogP contribution in [0.15, 0.2) is 18.2 Å². The molecule has 7 heteroatoms. The molecule has 1 aromatic carbocycles.